The molecular weight excluding hydrogens is 268 g/mol. The van der Waals surface area contributed by atoms with Crippen molar-refractivity contribution in [2.45, 2.75) is 26.1 Å². The predicted molar refractivity (Wildman–Crippen MR) is 73.2 cm³/mol. The highest BCUT2D eigenvalue weighted by Gasteiger charge is 2.19. The van der Waals surface area contributed by atoms with Gasteiger partial charge in [-0.1, -0.05) is 0 Å². The smallest absolute Gasteiger partial charge is 0.341 e. The Balaban J connectivity index is 3.17. The van der Waals surface area contributed by atoms with Crippen LogP contribution >= 0.6 is 11.6 Å². The van der Waals surface area contributed by atoms with Crippen molar-refractivity contribution in [2.24, 2.45) is 0 Å². The number of rotatable bonds is 6. The number of carbonyl (C=O) groups is 2. The van der Waals surface area contributed by atoms with Crippen LogP contribution in [-0.4, -0.2) is 30.3 Å². The summed E-state index contributed by atoms with van der Waals surface area (Å²) in [5.41, 5.74) is 0.612. The Kier molecular flexibility index (Phi) is 5.83. The van der Waals surface area contributed by atoms with E-state index >= 15 is 0 Å². The molecule has 1 unspecified atom stereocenters. The minimum Gasteiger partial charge on any atom is -0.493 e. The summed E-state index contributed by atoms with van der Waals surface area (Å²) < 4.78 is 10.3. The summed E-state index contributed by atoms with van der Waals surface area (Å²) in [7, 11) is 0. The van der Waals surface area contributed by atoms with Gasteiger partial charge in [-0.15, -0.1) is 11.6 Å². The van der Waals surface area contributed by atoms with Crippen molar-refractivity contribution in [1.82, 2.24) is 0 Å². The van der Waals surface area contributed by atoms with Crippen LogP contribution in [0.15, 0.2) is 18.2 Å². The van der Waals surface area contributed by atoms with Crippen LogP contribution in [0.3, 0.4) is 0 Å². The first-order chi connectivity index (χ1) is 9.01. The lowest BCUT2D eigenvalue weighted by Gasteiger charge is -2.11. The number of benzene rings is 1. The second-order valence-electron chi connectivity index (χ2n) is 3.84. The number of halogens is 1. The summed E-state index contributed by atoms with van der Waals surface area (Å²) in [6, 6.07) is 4.64. The first kappa shape index (κ1) is 15.5. The lowest BCUT2D eigenvalue weighted by molar-refractivity contribution is 0.0522. The van der Waals surface area contributed by atoms with Gasteiger partial charge in [0.25, 0.3) is 0 Å². The summed E-state index contributed by atoms with van der Waals surface area (Å²) in [6.45, 7) is 5.80. The van der Waals surface area contributed by atoms with E-state index < -0.39 is 11.3 Å². The van der Waals surface area contributed by atoms with Crippen LogP contribution in [0.25, 0.3) is 0 Å². The van der Waals surface area contributed by atoms with E-state index in [1.807, 2.05) is 6.92 Å². The van der Waals surface area contributed by atoms with Crippen molar-refractivity contribution in [2.75, 3.05) is 13.2 Å². The minimum atomic E-state index is -0.645. The fourth-order valence-electron chi connectivity index (χ4n) is 1.56. The molecule has 104 valence electrons. The maximum Gasteiger partial charge on any atom is 0.341 e. The third kappa shape index (κ3) is 3.96. The molecule has 0 radical (unpaired) electrons. The maximum atomic E-state index is 11.8. The second-order valence-corrected chi connectivity index (χ2v) is 4.50. The number of carbonyl (C=O) groups excluding carboxylic acids is 2. The summed E-state index contributed by atoms with van der Waals surface area (Å²) in [5, 5.41) is -0.645. The normalized spacial score (nSPS) is 11.8. The molecule has 0 saturated heterocycles. The monoisotopic (exact) mass is 284 g/mol. The molecule has 0 heterocycles. The zero-order valence-electron chi connectivity index (χ0n) is 11.2. The predicted octanol–water partition coefficient (Wildman–Crippen LogP) is 3.07. The molecule has 0 aromatic heterocycles. The summed E-state index contributed by atoms with van der Waals surface area (Å²) >= 11 is 5.76. The van der Waals surface area contributed by atoms with Crippen molar-refractivity contribution < 1.29 is 19.1 Å². The van der Waals surface area contributed by atoms with E-state index in [1.165, 1.54) is 6.07 Å². The van der Waals surface area contributed by atoms with Crippen LogP contribution in [0.5, 0.6) is 5.75 Å². The zero-order chi connectivity index (χ0) is 14.4. The molecule has 4 nitrogen and oxygen atoms in total. The molecule has 5 heteroatoms. The molecule has 0 saturated carbocycles. The summed E-state index contributed by atoms with van der Waals surface area (Å²) in [6.07, 6.45) is 0. The molecule has 0 aliphatic rings. The van der Waals surface area contributed by atoms with Gasteiger partial charge in [-0.3, -0.25) is 4.79 Å². The number of ether oxygens (including phenoxy) is 2. The molecule has 0 N–H and O–H groups in total. The first-order valence-electron chi connectivity index (χ1n) is 6.13. The van der Waals surface area contributed by atoms with Gasteiger partial charge in [-0.2, -0.15) is 0 Å². The highest BCUT2D eigenvalue weighted by Crippen LogP contribution is 2.22. The van der Waals surface area contributed by atoms with Crippen LogP contribution < -0.4 is 4.74 Å². The van der Waals surface area contributed by atoms with Gasteiger partial charge in [0.2, 0.25) is 0 Å². The van der Waals surface area contributed by atoms with Gasteiger partial charge in [0.1, 0.15) is 11.3 Å². The fourth-order valence-corrected chi connectivity index (χ4v) is 1.69. The standard InChI is InChI=1S/C14H17ClO4/c1-4-18-12-7-6-10(13(16)9(3)15)8-11(12)14(17)19-5-2/h6-9H,4-5H2,1-3H3. The lowest BCUT2D eigenvalue weighted by Crippen LogP contribution is -2.13. The summed E-state index contributed by atoms with van der Waals surface area (Å²) in [4.78, 5) is 23.7. The molecule has 19 heavy (non-hydrogen) atoms. The molecule has 0 aliphatic carbocycles. The molecule has 1 aromatic carbocycles. The van der Waals surface area contributed by atoms with Crippen LogP contribution in [0.1, 0.15) is 41.5 Å². The quantitative estimate of drug-likeness (QED) is 0.458. The minimum absolute atomic E-state index is 0.240. The van der Waals surface area contributed by atoms with Crippen molar-refractivity contribution in [3.63, 3.8) is 0 Å². The first-order valence-corrected chi connectivity index (χ1v) is 6.57. The number of alkyl halides is 1. The number of hydrogen-bond donors (Lipinski definition) is 0. The molecule has 0 bridgehead atoms. The molecule has 0 aliphatic heterocycles. The molecule has 0 amide bonds. The van der Waals surface area contributed by atoms with Crippen LogP contribution in [0, 0.1) is 0 Å². The van der Waals surface area contributed by atoms with Gasteiger partial charge in [-0.25, -0.2) is 4.79 Å². The van der Waals surface area contributed by atoms with E-state index in [9.17, 15) is 9.59 Å². The maximum absolute atomic E-state index is 11.8. The van der Waals surface area contributed by atoms with Crippen LogP contribution in [0.2, 0.25) is 0 Å². The Bertz CT molecular complexity index is 469. The Morgan fingerprint density at radius 3 is 2.47 bits per heavy atom. The number of hydrogen-bond acceptors (Lipinski definition) is 4. The Labute approximate surface area is 117 Å². The molecular formula is C14H17ClO4. The van der Waals surface area contributed by atoms with Crippen molar-refractivity contribution in [3.05, 3.63) is 29.3 Å². The highest BCUT2D eigenvalue weighted by atomic mass is 35.5. The Morgan fingerprint density at radius 2 is 1.95 bits per heavy atom. The molecule has 1 rings (SSSR count). The Hall–Kier alpha value is -1.55. The van der Waals surface area contributed by atoms with Gasteiger partial charge in [0.15, 0.2) is 5.78 Å². The van der Waals surface area contributed by atoms with E-state index in [2.05, 4.69) is 0 Å². The largest absolute Gasteiger partial charge is 0.493 e. The van der Waals surface area contributed by atoms with Gasteiger partial charge < -0.3 is 9.47 Å². The molecule has 1 atom stereocenters. The van der Waals surface area contributed by atoms with Gasteiger partial charge in [-0.05, 0) is 39.0 Å². The average Bonchev–Trinajstić information content (AvgIpc) is 2.38. The third-order valence-electron chi connectivity index (χ3n) is 2.42. The third-order valence-corrected chi connectivity index (χ3v) is 2.62. The number of Topliss-reactive ketones (excluding diaryl/α,β-unsaturated/α-hetero) is 1. The van der Waals surface area contributed by atoms with Gasteiger partial charge in [0, 0.05) is 5.56 Å². The van der Waals surface area contributed by atoms with E-state index in [0.717, 1.165) is 0 Å². The molecule has 1 aromatic rings. The number of esters is 1. The zero-order valence-corrected chi connectivity index (χ0v) is 12.0. The fraction of sp³-hybridized carbons (Fsp3) is 0.429. The van der Waals surface area contributed by atoms with E-state index in [4.69, 9.17) is 21.1 Å². The summed E-state index contributed by atoms with van der Waals surface area (Å²) in [5.74, 6) is -0.349. The SMILES string of the molecule is CCOC(=O)c1cc(C(=O)C(C)Cl)ccc1OCC. The van der Waals surface area contributed by atoms with E-state index in [0.29, 0.717) is 17.9 Å². The Morgan fingerprint density at radius 1 is 1.26 bits per heavy atom. The topological polar surface area (TPSA) is 52.6 Å². The molecule has 0 spiro atoms. The van der Waals surface area contributed by atoms with Gasteiger partial charge in [0.05, 0.1) is 18.6 Å². The number of ketones is 1. The average molecular weight is 285 g/mol. The van der Waals surface area contributed by atoms with E-state index in [1.54, 1.807) is 26.0 Å². The second kappa shape index (κ2) is 7.14. The van der Waals surface area contributed by atoms with Crippen LogP contribution in [0.4, 0.5) is 0 Å². The van der Waals surface area contributed by atoms with Crippen molar-refractivity contribution in [1.29, 1.82) is 0 Å². The van der Waals surface area contributed by atoms with Crippen molar-refractivity contribution in [3.8, 4) is 5.75 Å². The van der Waals surface area contributed by atoms with Crippen LogP contribution in [-0.2, 0) is 4.74 Å². The highest BCUT2D eigenvalue weighted by molar-refractivity contribution is 6.33. The van der Waals surface area contributed by atoms with Crippen molar-refractivity contribution >= 4 is 23.4 Å². The van der Waals surface area contributed by atoms with E-state index in [-0.39, 0.29) is 18.0 Å². The lowest BCUT2D eigenvalue weighted by atomic mass is 10.0. The van der Waals surface area contributed by atoms with Gasteiger partial charge >= 0.3 is 5.97 Å². The molecule has 0 fully saturated rings.